The Labute approximate surface area is 124 Å². The first-order valence-electron chi connectivity index (χ1n) is 5.81. The van der Waals surface area contributed by atoms with E-state index in [9.17, 15) is 4.79 Å². The Balaban J connectivity index is 1.85. The number of hydrogen-bond acceptors (Lipinski definition) is 3. The molecule has 0 saturated heterocycles. The lowest BCUT2D eigenvalue weighted by atomic mass is 10.1. The zero-order valence-electron chi connectivity index (χ0n) is 9.90. The molecule has 0 unspecified atom stereocenters. The molecular formula is C13H10Cl2N2OS. The van der Waals surface area contributed by atoms with E-state index in [1.807, 2.05) is 0 Å². The fourth-order valence-electron chi connectivity index (χ4n) is 2.16. The molecule has 98 valence electrons. The summed E-state index contributed by atoms with van der Waals surface area (Å²) in [4.78, 5) is 19.5. The maximum Gasteiger partial charge on any atom is 0.257 e. The molecule has 1 aliphatic heterocycles. The minimum atomic E-state index is -0.0917. The minimum absolute atomic E-state index is 0.0917. The lowest BCUT2D eigenvalue weighted by Crippen LogP contribution is -2.35. The summed E-state index contributed by atoms with van der Waals surface area (Å²) in [5.74, 6) is -0.0917. The average Bonchev–Trinajstić information content (AvgIpc) is 2.85. The SMILES string of the molecule is O=C(c1ccc(Cl)nc1Cl)N1CCc2sccc2C1. The van der Waals surface area contributed by atoms with Crippen molar-refractivity contribution in [3.05, 3.63) is 49.9 Å². The number of thiophene rings is 1. The smallest absolute Gasteiger partial charge is 0.257 e. The van der Waals surface area contributed by atoms with Crippen LogP contribution in [0.25, 0.3) is 0 Å². The maximum atomic E-state index is 12.4. The van der Waals surface area contributed by atoms with Crippen molar-refractivity contribution in [2.45, 2.75) is 13.0 Å². The first-order valence-corrected chi connectivity index (χ1v) is 7.45. The molecule has 19 heavy (non-hydrogen) atoms. The number of carbonyl (C=O) groups excluding carboxylic acids is 1. The predicted octanol–water partition coefficient (Wildman–Crippen LogP) is 3.65. The van der Waals surface area contributed by atoms with Gasteiger partial charge in [0, 0.05) is 18.0 Å². The van der Waals surface area contributed by atoms with Crippen molar-refractivity contribution in [3.63, 3.8) is 0 Å². The van der Waals surface area contributed by atoms with E-state index < -0.39 is 0 Å². The van der Waals surface area contributed by atoms with Gasteiger partial charge in [-0.2, -0.15) is 0 Å². The van der Waals surface area contributed by atoms with Crippen LogP contribution in [0.2, 0.25) is 10.3 Å². The van der Waals surface area contributed by atoms with Crippen LogP contribution in [0.1, 0.15) is 20.8 Å². The van der Waals surface area contributed by atoms with Crippen molar-refractivity contribution in [1.82, 2.24) is 9.88 Å². The molecule has 0 bridgehead atoms. The van der Waals surface area contributed by atoms with E-state index in [1.165, 1.54) is 10.4 Å². The largest absolute Gasteiger partial charge is 0.334 e. The summed E-state index contributed by atoms with van der Waals surface area (Å²) < 4.78 is 0. The highest BCUT2D eigenvalue weighted by Crippen LogP contribution is 2.26. The summed E-state index contributed by atoms with van der Waals surface area (Å²) in [6, 6.07) is 5.28. The Morgan fingerprint density at radius 1 is 1.32 bits per heavy atom. The van der Waals surface area contributed by atoms with Gasteiger partial charge in [0.2, 0.25) is 0 Å². The number of carbonyl (C=O) groups is 1. The molecule has 0 radical (unpaired) electrons. The predicted molar refractivity (Wildman–Crippen MR) is 77.0 cm³/mol. The van der Waals surface area contributed by atoms with Gasteiger partial charge in [0.05, 0.1) is 5.56 Å². The van der Waals surface area contributed by atoms with Gasteiger partial charge in [0.1, 0.15) is 10.3 Å². The van der Waals surface area contributed by atoms with E-state index in [0.29, 0.717) is 23.8 Å². The summed E-state index contributed by atoms with van der Waals surface area (Å²) in [5, 5.41) is 2.52. The lowest BCUT2D eigenvalue weighted by molar-refractivity contribution is 0.0735. The first kappa shape index (κ1) is 12.9. The fourth-order valence-corrected chi connectivity index (χ4v) is 3.48. The highest BCUT2D eigenvalue weighted by Gasteiger charge is 2.24. The molecule has 3 nitrogen and oxygen atoms in total. The van der Waals surface area contributed by atoms with Crippen molar-refractivity contribution in [2.24, 2.45) is 0 Å². The quantitative estimate of drug-likeness (QED) is 0.753. The molecule has 3 rings (SSSR count). The van der Waals surface area contributed by atoms with Gasteiger partial charge in [-0.05, 0) is 35.6 Å². The average molecular weight is 313 g/mol. The lowest BCUT2D eigenvalue weighted by Gasteiger charge is -2.27. The number of fused-ring (bicyclic) bond motifs is 1. The molecule has 2 aromatic rings. The van der Waals surface area contributed by atoms with E-state index in [1.54, 1.807) is 28.4 Å². The highest BCUT2D eigenvalue weighted by molar-refractivity contribution is 7.10. The molecule has 0 fully saturated rings. The molecule has 0 spiro atoms. The molecule has 2 aromatic heterocycles. The molecule has 0 aromatic carbocycles. The van der Waals surface area contributed by atoms with Crippen LogP contribution >= 0.6 is 34.5 Å². The number of aromatic nitrogens is 1. The monoisotopic (exact) mass is 312 g/mol. The Morgan fingerprint density at radius 3 is 2.95 bits per heavy atom. The van der Waals surface area contributed by atoms with Gasteiger partial charge in [-0.15, -0.1) is 11.3 Å². The zero-order valence-corrected chi connectivity index (χ0v) is 12.2. The molecule has 1 amide bonds. The van der Waals surface area contributed by atoms with Crippen LogP contribution in [0.15, 0.2) is 23.6 Å². The van der Waals surface area contributed by atoms with E-state index in [4.69, 9.17) is 23.2 Å². The van der Waals surface area contributed by atoms with E-state index >= 15 is 0 Å². The van der Waals surface area contributed by atoms with Crippen LogP contribution < -0.4 is 0 Å². The van der Waals surface area contributed by atoms with Crippen molar-refractivity contribution in [2.75, 3.05) is 6.54 Å². The highest BCUT2D eigenvalue weighted by atomic mass is 35.5. The van der Waals surface area contributed by atoms with E-state index in [0.717, 1.165) is 6.42 Å². The third kappa shape index (κ3) is 2.48. The van der Waals surface area contributed by atoms with Gasteiger partial charge < -0.3 is 4.90 Å². The summed E-state index contributed by atoms with van der Waals surface area (Å²) in [6.45, 7) is 1.35. The Morgan fingerprint density at radius 2 is 2.16 bits per heavy atom. The van der Waals surface area contributed by atoms with Crippen LogP contribution in [0, 0.1) is 0 Å². The van der Waals surface area contributed by atoms with Gasteiger partial charge in [0.15, 0.2) is 0 Å². The number of rotatable bonds is 1. The van der Waals surface area contributed by atoms with Crippen molar-refractivity contribution < 1.29 is 4.79 Å². The topological polar surface area (TPSA) is 33.2 Å². The van der Waals surface area contributed by atoms with E-state index in [-0.39, 0.29) is 11.1 Å². The number of amides is 1. The van der Waals surface area contributed by atoms with Crippen molar-refractivity contribution in [3.8, 4) is 0 Å². The first-order chi connectivity index (χ1) is 9.15. The van der Waals surface area contributed by atoms with Gasteiger partial charge >= 0.3 is 0 Å². The normalized spacial score (nSPS) is 14.3. The molecule has 6 heteroatoms. The molecule has 1 aliphatic rings. The van der Waals surface area contributed by atoms with Gasteiger partial charge in [-0.1, -0.05) is 23.2 Å². The number of pyridine rings is 1. The van der Waals surface area contributed by atoms with Crippen LogP contribution in [0.4, 0.5) is 0 Å². The second-order valence-electron chi connectivity index (χ2n) is 4.32. The zero-order chi connectivity index (χ0) is 13.4. The Hall–Kier alpha value is -1.10. The maximum absolute atomic E-state index is 12.4. The number of nitrogens with zero attached hydrogens (tertiary/aromatic N) is 2. The van der Waals surface area contributed by atoms with Gasteiger partial charge in [0.25, 0.3) is 5.91 Å². The number of hydrogen-bond donors (Lipinski definition) is 0. The molecule has 0 aliphatic carbocycles. The molecule has 0 N–H and O–H groups in total. The van der Waals surface area contributed by atoms with Gasteiger partial charge in [-0.25, -0.2) is 4.98 Å². The summed E-state index contributed by atoms with van der Waals surface area (Å²) >= 11 is 13.5. The second-order valence-corrected chi connectivity index (χ2v) is 6.06. The molecule has 0 atom stereocenters. The number of halogens is 2. The van der Waals surface area contributed by atoms with Crippen LogP contribution in [-0.2, 0) is 13.0 Å². The third-order valence-corrected chi connectivity index (χ3v) is 4.66. The van der Waals surface area contributed by atoms with Crippen LogP contribution in [-0.4, -0.2) is 22.3 Å². The summed E-state index contributed by atoms with van der Waals surface area (Å²) in [6.07, 6.45) is 0.900. The molecule has 3 heterocycles. The second kappa shape index (κ2) is 5.12. The molecule has 0 saturated carbocycles. The minimum Gasteiger partial charge on any atom is -0.334 e. The van der Waals surface area contributed by atoms with Crippen molar-refractivity contribution >= 4 is 40.4 Å². The van der Waals surface area contributed by atoms with E-state index in [2.05, 4.69) is 16.4 Å². The summed E-state index contributed by atoms with van der Waals surface area (Å²) in [5.41, 5.74) is 1.63. The van der Waals surface area contributed by atoms with Crippen molar-refractivity contribution in [1.29, 1.82) is 0 Å². The van der Waals surface area contributed by atoms with Crippen LogP contribution in [0.5, 0.6) is 0 Å². The van der Waals surface area contributed by atoms with Gasteiger partial charge in [-0.3, -0.25) is 4.79 Å². The molecular weight excluding hydrogens is 303 g/mol. The Kier molecular flexibility index (Phi) is 3.48. The fraction of sp³-hybridized carbons (Fsp3) is 0.231. The third-order valence-electron chi connectivity index (χ3n) is 3.14. The van der Waals surface area contributed by atoms with Crippen LogP contribution in [0.3, 0.4) is 0 Å². The Bertz CT molecular complexity index is 641. The standard InChI is InChI=1S/C13H10Cl2N2OS/c14-11-2-1-9(12(15)16-11)13(18)17-5-3-10-8(7-17)4-6-19-10/h1-2,4,6H,3,5,7H2. The summed E-state index contributed by atoms with van der Waals surface area (Å²) in [7, 11) is 0.